The summed E-state index contributed by atoms with van der Waals surface area (Å²) in [5, 5.41) is 0. The lowest BCUT2D eigenvalue weighted by molar-refractivity contribution is -0.0590. The van der Waals surface area contributed by atoms with Crippen LogP contribution in [0.4, 0.5) is 26.3 Å². The number of hydrogen-bond acceptors (Lipinski definition) is 4. The van der Waals surface area contributed by atoms with E-state index in [0.29, 0.717) is 0 Å². The van der Waals surface area contributed by atoms with Gasteiger partial charge in [0.1, 0.15) is 22.9 Å². The van der Waals surface area contributed by atoms with E-state index in [0.717, 1.165) is 26.2 Å². The van der Waals surface area contributed by atoms with Crippen molar-refractivity contribution in [3.8, 4) is 22.6 Å². The molecule has 0 amide bonds. The zero-order chi connectivity index (χ0) is 22.7. The van der Waals surface area contributed by atoms with Gasteiger partial charge >= 0.3 is 12.4 Å². The molecular weight excluding hydrogens is 414 g/mol. The highest BCUT2D eigenvalue weighted by Gasteiger charge is 2.38. The molecule has 10 heteroatoms. The van der Waals surface area contributed by atoms with Crippen LogP contribution in [0.5, 0.6) is 11.5 Å². The Bertz CT molecular complexity index is 899. The molecule has 0 spiro atoms. The van der Waals surface area contributed by atoms with Gasteiger partial charge in [-0.15, -0.1) is 0 Å². The van der Waals surface area contributed by atoms with E-state index in [-0.39, 0.29) is 33.8 Å². The summed E-state index contributed by atoms with van der Waals surface area (Å²) in [6.45, 7) is 0. The zero-order valence-electron chi connectivity index (χ0n) is 16.4. The second-order valence-corrected chi connectivity index (χ2v) is 5.97. The molecule has 2 aromatic carbocycles. The number of ether oxygens (including phenoxy) is 2. The molecule has 0 atom stereocenters. The molecule has 0 heterocycles. The first-order valence-corrected chi connectivity index (χ1v) is 8.43. The van der Waals surface area contributed by atoms with Gasteiger partial charge in [0.2, 0.25) is 0 Å². The Hall–Kier alpha value is -3.04. The number of rotatable bonds is 5. The highest BCUT2D eigenvalue weighted by molar-refractivity contribution is 6.07. The fraction of sp³-hybridized carbons (Fsp3) is 0.300. The molecule has 0 aromatic heterocycles. The predicted octanol–water partition coefficient (Wildman–Crippen LogP) is 5.33. The summed E-state index contributed by atoms with van der Waals surface area (Å²) in [5.74, 6) is 0.294. The molecule has 0 bridgehead atoms. The first kappa shape index (κ1) is 23.2. The van der Waals surface area contributed by atoms with Crippen LogP contribution in [0, 0.1) is 0 Å². The van der Waals surface area contributed by atoms with Gasteiger partial charge in [-0.05, 0) is 36.4 Å². The number of nitrogens with zero attached hydrogens (tertiary/aromatic N) is 2. The van der Waals surface area contributed by atoms with Crippen molar-refractivity contribution in [1.29, 1.82) is 0 Å². The number of benzene rings is 2. The molecule has 4 nitrogen and oxygen atoms in total. The van der Waals surface area contributed by atoms with Crippen molar-refractivity contribution in [1.82, 2.24) is 0 Å². The minimum absolute atomic E-state index is 0.108. The summed E-state index contributed by atoms with van der Waals surface area (Å²) in [7, 11) is 4.59. The SMILES string of the molecule is CN=C(c1ccc(OC)c(-c2cc(C(=NC)C(F)(F)F)ccc2OC)c1)C(F)(F)F. The van der Waals surface area contributed by atoms with Gasteiger partial charge in [0, 0.05) is 36.3 Å². The van der Waals surface area contributed by atoms with E-state index in [1.165, 1.54) is 38.5 Å². The molecule has 2 aromatic rings. The van der Waals surface area contributed by atoms with Crippen LogP contribution in [0.1, 0.15) is 11.1 Å². The Morgan fingerprint density at radius 3 is 1.23 bits per heavy atom. The van der Waals surface area contributed by atoms with Gasteiger partial charge in [-0.1, -0.05) is 0 Å². The van der Waals surface area contributed by atoms with Gasteiger partial charge < -0.3 is 9.47 Å². The van der Waals surface area contributed by atoms with E-state index in [9.17, 15) is 26.3 Å². The largest absolute Gasteiger partial charge is 0.496 e. The monoisotopic (exact) mass is 432 g/mol. The molecule has 0 saturated heterocycles. The average Bonchev–Trinajstić information content (AvgIpc) is 2.66. The normalized spacial score (nSPS) is 13.4. The van der Waals surface area contributed by atoms with E-state index in [1.54, 1.807) is 0 Å². The molecular formula is C20H18F6N2O2. The van der Waals surface area contributed by atoms with Gasteiger partial charge in [-0.25, -0.2) is 0 Å². The van der Waals surface area contributed by atoms with Crippen LogP contribution < -0.4 is 9.47 Å². The predicted molar refractivity (Wildman–Crippen MR) is 102 cm³/mol. The summed E-state index contributed by atoms with van der Waals surface area (Å²) in [4.78, 5) is 6.61. The van der Waals surface area contributed by atoms with Crippen molar-refractivity contribution in [2.24, 2.45) is 9.98 Å². The van der Waals surface area contributed by atoms with Crippen molar-refractivity contribution in [3.63, 3.8) is 0 Å². The molecule has 0 aliphatic carbocycles. The Morgan fingerprint density at radius 1 is 0.667 bits per heavy atom. The molecule has 0 aliphatic heterocycles. The second kappa shape index (κ2) is 8.76. The Kier molecular flexibility index (Phi) is 6.79. The molecule has 0 radical (unpaired) electrons. The summed E-state index contributed by atoms with van der Waals surface area (Å²) >= 11 is 0. The van der Waals surface area contributed by atoms with Crippen LogP contribution in [0.15, 0.2) is 46.4 Å². The maximum absolute atomic E-state index is 13.3. The summed E-state index contributed by atoms with van der Waals surface area (Å²) in [6, 6.07) is 7.20. The lowest BCUT2D eigenvalue weighted by atomic mass is 9.96. The van der Waals surface area contributed by atoms with Gasteiger partial charge in [0.25, 0.3) is 0 Å². The van der Waals surface area contributed by atoms with Crippen LogP contribution in [0.2, 0.25) is 0 Å². The lowest BCUT2D eigenvalue weighted by Crippen LogP contribution is -2.24. The summed E-state index contributed by atoms with van der Waals surface area (Å²) in [6.07, 6.45) is -9.43. The third-order valence-corrected chi connectivity index (χ3v) is 4.22. The Morgan fingerprint density at radius 2 is 1.00 bits per heavy atom. The standard InChI is InChI=1S/C20H18F6N2O2/c1-27-17(19(21,22)23)11-5-7-15(29-3)13(9-11)14-10-12(6-8-16(14)30-4)18(28-2)20(24,25)26/h5-10H,1-4H3. The third-order valence-electron chi connectivity index (χ3n) is 4.22. The van der Waals surface area contributed by atoms with E-state index < -0.39 is 23.8 Å². The quantitative estimate of drug-likeness (QED) is 0.473. The van der Waals surface area contributed by atoms with Gasteiger partial charge in [0.15, 0.2) is 0 Å². The molecule has 0 aliphatic rings. The van der Waals surface area contributed by atoms with Crippen molar-refractivity contribution in [2.45, 2.75) is 12.4 Å². The molecule has 2 rings (SSSR count). The molecule has 0 fully saturated rings. The minimum Gasteiger partial charge on any atom is -0.496 e. The lowest BCUT2D eigenvalue weighted by Gasteiger charge is -2.17. The topological polar surface area (TPSA) is 43.2 Å². The van der Waals surface area contributed by atoms with Crippen molar-refractivity contribution >= 4 is 11.4 Å². The highest BCUT2D eigenvalue weighted by Crippen LogP contribution is 2.39. The second-order valence-electron chi connectivity index (χ2n) is 5.97. The Balaban J connectivity index is 2.79. The molecule has 0 saturated carbocycles. The van der Waals surface area contributed by atoms with Crippen molar-refractivity contribution in [3.05, 3.63) is 47.5 Å². The van der Waals surface area contributed by atoms with E-state index >= 15 is 0 Å². The fourth-order valence-electron chi connectivity index (χ4n) is 2.97. The van der Waals surface area contributed by atoms with Gasteiger partial charge in [0.05, 0.1) is 14.2 Å². The Labute approximate surface area is 168 Å². The summed E-state index contributed by atoms with van der Waals surface area (Å²) in [5.41, 5.74) is -2.59. The zero-order valence-corrected chi connectivity index (χ0v) is 16.4. The van der Waals surface area contributed by atoms with Crippen molar-refractivity contribution in [2.75, 3.05) is 28.3 Å². The maximum atomic E-state index is 13.3. The number of aliphatic imine (C=N–C) groups is 2. The number of methoxy groups -OCH3 is 2. The van der Waals surface area contributed by atoms with Gasteiger partial charge in [-0.3, -0.25) is 9.98 Å². The highest BCUT2D eigenvalue weighted by atomic mass is 19.4. The molecule has 0 unspecified atom stereocenters. The van der Waals surface area contributed by atoms with Crippen LogP contribution in [0.3, 0.4) is 0 Å². The molecule has 0 N–H and O–H groups in total. The van der Waals surface area contributed by atoms with Gasteiger partial charge in [-0.2, -0.15) is 26.3 Å². The van der Waals surface area contributed by atoms with E-state index in [2.05, 4.69) is 9.98 Å². The average molecular weight is 432 g/mol. The minimum atomic E-state index is -4.72. The maximum Gasteiger partial charge on any atom is 0.433 e. The first-order valence-electron chi connectivity index (χ1n) is 8.43. The van der Waals surface area contributed by atoms with E-state index in [1.807, 2.05) is 0 Å². The van der Waals surface area contributed by atoms with Crippen LogP contribution in [-0.4, -0.2) is 52.1 Å². The number of hydrogen-bond donors (Lipinski definition) is 0. The fourth-order valence-corrected chi connectivity index (χ4v) is 2.97. The van der Waals surface area contributed by atoms with Crippen LogP contribution >= 0.6 is 0 Å². The van der Waals surface area contributed by atoms with Crippen LogP contribution in [-0.2, 0) is 0 Å². The molecule has 30 heavy (non-hydrogen) atoms. The van der Waals surface area contributed by atoms with E-state index in [4.69, 9.17) is 9.47 Å². The smallest absolute Gasteiger partial charge is 0.433 e. The molecule has 162 valence electrons. The van der Waals surface area contributed by atoms with Crippen LogP contribution in [0.25, 0.3) is 11.1 Å². The first-order chi connectivity index (χ1) is 14.0. The number of halogens is 6. The third kappa shape index (κ3) is 4.74. The number of alkyl halides is 6. The van der Waals surface area contributed by atoms with Crippen molar-refractivity contribution < 1.29 is 35.8 Å². The summed E-state index contributed by atoms with van der Waals surface area (Å²) < 4.78 is 90.2.